The van der Waals surface area contributed by atoms with Gasteiger partial charge in [-0.25, -0.2) is 0 Å². The van der Waals surface area contributed by atoms with Crippen LogP contribution in [-0.2, 0) is 0 Å². The first-order valence-electron chi connectivity index (χ1n) is 5.59. The van der Waals surface area contributed by atoms with E-state index in [0.29, 0.717) is 6.42 Å². The highest BCUT2D eigenvalue weighted by Crippen LogP contribution is 2.53. The van der Waals surface area contributed by atoms with E-state index in [0.717, 1.165) is 0 Å². The van der Waals surface area contributed by atoms with Crippen molar-refractivity contribution in [2.24, 2.45) is 17.8 Å². The van der Waals surface area contributed by atoms with Crippen LogP contribution in [0.15, 0.2) is 12.2 Å². The van der Waals surface area contributed by atoms with Crippen LogP contribution in [0.5, 0.6) is 0 Å². The van der Waals surface area contributed by atoms with E-state index in [9.17, 15) is 26.3 Å². The monoisotopic (exact) mass is 274 g/mol. The van der Waals surface area contributed by atoms with Crippen molar-refractivity contribution in [3.05, 3.63) is 12.2 Å². The predicted octanol–water partition coefficient (Wildman–Crippen LogP) is 3.44. The highest BCUT2D eigenvalue weighted by Gasteiger charge is 2.71. The standard InChI is InChI=1S/C11H12F6O/c12-10(13,14)9(18,11(15,16)17)5-8-4-6-1-2-7(8)3-6/h1-2,6-8,18H,3-5H2/t6-,7+,8?/m1/s1. The van der Waals surface area contributed by atoms with Gasteiger partial charge in [0.2, 0.25) is 0 Å². The lowest BCUT2D eigenvalue weighted by atomic mass is 9.82. The molecular formula is C11H12F6O. The summed E-state index contributed by atoms with van der Waals surface area (Å²) >= 11 is 0. The molecule has 2 bridgehead atoms. The summed E-state index contributed by atoms with van der Waals surface area (Å²) in [5, 5.41) is 9.10. The van der Waals surface area contributed by atoms with Crippen LogP contribution in [0.1, 0.15) is 19.3 Å². The second-order valence-electron chi connectivity index (χ2n) is 5.10. The van der Waals surface area contributed by atoms with E-state index in [1.54, 1.807) is 6.08 Å². The smallest absolute Gasteiger partial charge is 0.374 e. The second-order valence-corrected chi connectivity index (χ2v) is 5.10. The Labute approximate surface area is 99.5 Å². The van der Waals surface area contributed by atoms with Gasteiger partial charge in [-0.1, -0.05) is 12.2 Å². The van der Waals surface area contributed by atoms with Crippen molar-refractivity contribution in [3.63, 3.8) is 0 Å². The van der Waals surface area contributed by atoms with E-state index in [-0.39, 0.29) is 18.3 Å². The van der Waals surface area contributed by atoms with E-state index in [2.05, 4.69) is 0 Å². The molecule has 0 aromatic heterocycles. The van der Waals surface area contributed by atoms with Crippen LogP contribution in [0, 0.1) is 17.8 Å². The highest BCUT2D eigenvalue weighted by molar-refractivity contribution is 5.12. The molecule has 0 aliphatic heterocycles. The molecule has 1 N–H and O–H groups in total. The van der Waals surface area contributed by atoms with Crippen LogP contribution in [0.25, 0.3) is 0 Å². The molecule has 7 heteroatoms. The zero-order valence-corrected chi connectivity index (χ0v) is 9.22. The number of rotatable bonds is 2. The molecule has 0 aromatic carbocycles. The number of aliphatic hydroxyl groups is 1. The lowest BCUT2D eigenvalue weighted by molar-refractivity contribution is -0.373. The summed E-state index contributed by atoms with van der Waals surface area (Å²) in [6.45, 7) is 0. The molecule has 2 rings (SSSR count). The van der Waals surface area contributed by atoms with Crippen LogP contribution >= 0.6 is 0 Å². The Morgan fingerprint density at radius 3 is 1.83 bits per heavy atom. The summed E-state index contributed by atoms with van der Waals surface area (Å²) < 4.78 is 75.0. The summed E-state index contributed by atoms with van der Waals surface area (Å²) in [7, 11) is 0. The molecule has 0 amide bonds. The van der Waals surface area contributed by atoms with E-state index in [1.807, 2.05) is 6.08 Å². The maximum absolute atomic E-state index is 12.5. The molecule has 1 saturated carbocycles. The van der Waals surface area contributed by atoms with Gasteiger partial charge in [0.25, 0.3) is 5.60 Å². The fourth-order valence-corrected chi connectivity index (χ4v) is 2.90. The molecule has 3 atom stereocenters. The Bertz CT molecular complexity index is 342. The SMILES string of the molecule is OC(CC1C[C@@H]2C=C[C@H]1C2)(C(F)(F)F)C(F)(F)F. The third-order valence-electron chi connectivity index (χ3n) is 3.91. The quantitative estimate of drug-likeness (QED) is 0.604. The van der Waals surface area contributed by atoms with Gasteiger partial charge < -0.3 is 5.11 Å². The van der Waals surface area contributed by atoms with E-state index in [1.165, 1.54) is 0 Å². The summed E-state index contributed by atoms with van der Waals surface area (Å²) in [5.74, 6) is -0.967. The number of fused-ring (bicyclic) bond motifs is 2. The third kappa shape index (κ3) is 2.02. The normalized spacial score (nSPS) is 32.3. The fraction of sp³-hybridized carbons (Fsp3) is 0.818. The van der Waals surface area contributed by atoms with E-state index in [4.69, 9.17) is 5.11 Å². The molecule has 1 fully saturated rings. The van der Waals surface area contributed by atoms with Crippen LogP contribution in [0.2, 0.25) is 0 Å². The molecule has 0 aromatic rings. The Kier molecular flexibility index (Phi) is 2.96. The van der Waals surface area contributed by atoms with Crippen molar-refractivity contribution in [2.45, 2.75) is 37.2 Å². The predicted molar refractivity (Wildman–Crippen MR) is 50.5 cm³/mol. The summed E-state index contributed by atoms with van der Waals surface area (Å²) in [6.07, 6.45) is -8.33. The average Bonchev–Trinajstić information content (AvgIpc) is 2.75. The number of halogens is 6. The van der Waals surface area contributed by atoms with Crippen LogP contribution < -0.4 is 0 Å². The number of hydrogen-bond acceptors (Lipinski definition) is 1. The molecular weight excluding hydrogens is 262 g/mol. The summed E-state index contributed by atoms with van der Waals surface area (Å²) in [5.41, 5.74) is -4.59. The molecule has 0 radical (unpaired) electrons. The van der Waals surface area contributed by atoms with Crippen molar-refractivity contribution in [2.75, 3.05) is 0 Å². The van der Waals surface area contributed by atoms with E-state index >= 15 is 0 Å². The number of alkyl halides is 6. The largest absolute Gasteiger partial charge is 0.426 e. The molecule has 104 valence electrons. The first-order valence-corrected chi connectivity index (χ1v) is 5.59. The van der Waals surface area contributed by atoms with Crippen molar-refractivity contribution in [1.82, 2.24) is 0 Å². The Hall–Kier alpha value is -0.720. The average molecular weight is 274 g/mol. The van der Waals surface area contributed by atoms with Gasteiger partial charge in [0.05, 0.1) is 0 Å². The number of allylic oxidation sites excluding steroid dienone is 2. The maximum Gasteiger partial charge on any atom is 0.426 e. The summed E-state index contributed by atoms with van der Waals surface area (Å²) in [6, 6.07) is 0. The van der Waals surface area contributed by atoms with E-state index < -0.39 is 30.3 Å². The van der Waals surface area contributed by atoms with Gasteiger partial charge in [0.1, 0.15) is 0 Å². The van der Waals surface area contributed by atoms with Crippen molar-refractivity contribution in [1.29, 1.82) is 0 Å². The fourth-order valence-electron chi connectivity index (χ4n) is 2.90. The zero-order valence-electron chi connectivity index (χ0n) is 9.22. The van der Waals surface area contributed by atoms with Crippen LogP contribution in [-0.4, -0.2) is 23.1 Å². The topological polar surface area (TPSA) is 20.2 Å². The Morgan fingerprint density at radius 2 is 1.50 bits per heavy atom. The minimum atomic E-state index is -5.70. The lowest BCUT2D eigenvalue weighted by Gasteiger charge is -2.35. The van der Waals surface area contributed by atoms with Gasteiger partial charge in [0, 0.05) is 0 Å². The van der Waals surface area contributed by atoms with Crippen LogP contribution in [0.4, 0.5) is 26.3 Å². The first-order chi connectivity index (χ1) is 8.04. The van der Waals surface area contributed by atoms with Gasteiger partial charge >= 0.3 is 12.4 Å². The van der Waals surface area contributed by atoms with Crippen LogP contribution in [0.3, 0.4) is 0 Å². The second kappa shape index (κ2) is 3.88. The summed E-state index contributed by atoms with van der Waals surface area (Å²) in [4.78, 5) is 0. The minimum Gasteiger partial charge on any atom is -0.374 e. The molecule has 0 heterocycles. The van der Waals surface area contributed by atoms with Gasteiger partial charge in [0.15, 0.2) is 0 Å². The molecule has 18 heavy (non-hydrogen) atoms. The molecule has 0 saturated heterocycles. The minimum absolute atomic E-state index is 0.0608. The van der Waals surface area contributed by atoms with Crippen molar-refractivity contribution < 1.29 is 31.4 Å². The maximum atomic E-state index is 12.5. The van der Waals surface area contributed by atoms with Gasteiger partial charge in [-0.15, -0.1) is 0 Å². The molecule has 2 aliphatic rings. The van der Waals surface area contributed by atoms with Crippen molar-refractivity contribution in [3.8, 4) is 0 Å². The van der Waals surface area contributed by atoms with Gasteiger partial charge in [-0.3, -0.25) is 0 Å². The first kappa shape index (κ1) is 13.7. The van der Waals surface area contributed by atoms with Crippen molar-refractivity contribution >= 4 is 0 Å². The molecule has 1 unspecified atom stereocenters. The number of hydrogen-bond donors (Lipinski definition) is 1. The zero-order chi connectivity index (χ0) is 13.8. The lowest BCUT2D eigenvalue weighted by Crippen LogP contribution is -2.58. The van der Waals surface area contributed by atoms with Gasteiger partial charge in [-0.2, -0.15) is 26.3 Å². The molecule has 1 nitrogen and oxygen atoms in total. The highest BCUT2D eigenvalue weighted by atomic mass is 19.4. The third-order valence-corrected chi connectivity index (χ3v) is 3.91. The Balaban J connectivity index is 2.19. The molecule has 2 aliphatic carbocycles. The molecule has 0 spiro atoms. The van der Waals surface area contributed by atoms with Gasteiger partial charge in [-0.05, 0) is 37.0 Å². The Morgan fingerprint density at radius 1 is 0.944 bits per heavy atom.